The van der Waals surface area contributed by atoms with Crippen molar-refractivity contribution in [3.63, 3.8) is 0 Å². The summed E-state index contributed by atoms with van der Waals surface area (Å²) in [6, 6.07) is 9.26. The molecule has 0 aromatic carbocycles. The van der Waals surface area contributed by atoms with Crippen LogP contribution in [0, 0.1) is 6.92 Å². The summed E-state index contributed by atoms with van der Waals surface area (Å²) in [5, 5.41) is 4.16. The van der Waals surface area contributed by atoms with E-state index in [9.17, 15) is 4.79 Å². The molecule has 0 fully saturated rings. The van der Waals surface area contributed by atoms with Gasteiger partial charge < -0.3 is 0 Å². The van der Waals surface area contributed by atoms with Crippen molar-refractivity contribution in [2.75, 3.05) is 0 Å². The van der Waals surface area contributed by atoms with Crippen molar-refractivity contribution in [1.82, 2.24) is 14.6 Å². The summed E-state index contributed by atoms with van der Waals surface area (Å²) in [6.45, 7) is 1.89. The fourth-order valence-electron chi connectivity index (χ4n) is 1.87. The zero-order chi connectivity index (χ0) is 12.5. The maximum absolute atomic E-state index is 12.3. The second-order valence-corrected chi connectivity index (χ2v) is 4.11. The van der Waals surface area contributed by atoms with Crippen LogP contribution in [0.2, 0.25) is 0 Å². The van der Waals surface area contributed by atoms with Crippen LogP contribution in [0.15, 0.2) is 48.9 Å². The number of hydrogen-bond acceptors (Lipinski definition) is 3. The number of ketones is 1. The summed E-state index contributed by atoms with van der Waals surface area (Å²) in [5.74, 6) is -0.0521. The van der Waals surface area contributed by atoms with Crippen molar-refractivity contribution in [2.24, 2.45) is 0 Å². The standard InChI is InChI=1S/C14H11N3O/c1-10-5-6-11(8-15-10)14(18)12-9-16-17-7-3-2-4-13(12)17/h2-9H,1H3. The normalized spacial score (nSPS) is 10.7. The van der Waals surface area contributed by atoms with Gasteiger partial charge in [-0.25, -0.2) is 4.52 Å². The molecule has 0 spiro atoms. The highest BCUT2D eigenvalue weighted by Crippen LogP contribution is 2.15. The smallest absolute Gasteiger partial charge is 0.198 e. The number of pyridine rings is 2. The number of nitrogens with zero attached hydrogens (tertiary/aromatic N) is 3. The first kappa shape index (κ1) is 10.7. The fourth-order valence-corrected chi connectivity index (χ4v) is 1.87. The predicted octanol–water partition coefficient (Wildman–Crippen LogP) is 2.27. The van der Waals surface area contributed by atoms with Crippen molar-refractivity contribution >= 4 is 11.3 Å². The zero-order valence-corrected chi connectivity index (χ0v) is 9.87. The molecule has 0 N–H and O–H groups in total. The number of aromatic nitrogens is 3. The molecule has 3 aromatic rings. The largest absolute Gasteiger partial charge is 0.288 e. The van der Waals surface area contributed by atoms with E-state index in [0.29, 0.717) is 11.1 Å². The minimum atomic E-state index is -0.0521. The van der Waals surface area contributed by atoms with Crippen LogP contribution in [0.25, 0.3) is 5.52 Å². The van der Waals surface area contributed by atoms with Gasteiger partial charge in [0.2, 0.25) is 0 Å². The highest BCUT2D eigenvalue weighted by molar-refractivity contribution is 6.12. The fraction of sp³-hybridized carbons (Fsp3) is 0.0714. The molecule has 0 aliphatic carbocycles. The van der Waals surface area contributed by atoms with E-state index in [4.69, 9.17) is 0 Å². The van der Waals surface area contributed by atoms with E-state index >= 15 is 0 Å². The molecule has 0 radical (unpaired) electrons. The van der Waals surface area contributed by atoms with Crippen molar-refractivity contribution < 1.29 is 4.79 Å². The van der Waals surface area contributed by atoms with E-state index < -0.39 is 0 Å². The Hall–Kier alpha value is -2.49. The topological polar surface area (TPSA) is 47.3 Å². The third-order valence-corrected chi connectivity index (χ3v) is 2.84. The molecule has 0 aliphatic rings. The van der Waals surface area contributed by atoms with Crippen LogP contribution in [0.3, 0.4) is 0 Å². The molecule has 0 bridgehead atoms. The lowest BCUT2D eigenvalue weighted by Crippen LogP contribution is -2.01. The Bertz CT molecular complexity index is 713. The van der Waals surface area contributed by atoms with Crippen LogP contribution in [0.4, 0.5) is 0 Å². The van der Waals surface area contributed by atoms with Gasteiger partial charge in [0.1, 0.15) is 0 Å². The lowest BCUT2D eigenvalue weighted by molar-refractivity contribution is 0.104. The van der Waals surface area contributed by atoms with E-state index in [1.54, 1.807) is 23.0 Å². The van der Waals surface area contributed by atoms with Crippen molar-refractivity contribution in [1.29, 1.82) is 0 Å². The quantitative estimate of drug-likeness (QED) is 0.642. The van der Waals surface area contributed by atoms with Gasteiger partial charge in [-0.2, -0.15) is 5.10 Å². The first-order chi connectivity index (χ1) is 8.75. The molecule has 18 heavy (non-hydrogen) atoms. The third kappa shape index (κ3) is 1.68. The molecule has 0 unspecified atom stereocenters. The molecule has 0 saturated carbocycles. The van der Waals surface area contributed by atoms with Crippen molar-refractivity contribution in [2.45, 2.75) is 6.92 Å². The third-order valence-electron chi connectivity index (χ3n) is 2.84. The van der Waals surface area contributed by atoms with Gasteiger partial charge in [0.25, 0.3) is 0 Å². The monoisotopic (exact) mass is 237 g/mol. The van der Waals surface area contributed by atoms with Crippen molar-refractivity contribution in [3.8, 4) is 0 Å². The van der Waals surface area contributed by atoms with Crippen LogP contribution >= 0.6 is 0 Å². The number of aryl methyl sites for hydroxylation is 1. The molecule has 4 heteroatoms. The molecule has 3 aromatic heterocycles. The summed E-state index contributed by atoms with van der Waals surface area (Å²) in [5.41, 5.74) is 2.88. The molecule has 88 valence electrons. The predicted molar refractivity (Wildman–Crippen MR) is 67.6 cm³/mol. The Morgan fingerprint density at radius 3 is 2.83 bits per heavy atom. The maximum Gasteiger partial charge on any atom is 0.198 e. The second kappa shape index (κ2) is 4.07. The number of rotatable bonds is 2. The minimum Gasteiger partial charge on any atom is -0.288 e. The Labute approximate surface area is 104 Å². The number of carbonyl (C=O) groups is 1. The van der Waals surface area contributed by atoms with Gasteiger partial charge in [0, 0.05) is 23.7 Å². The summed E-state index contributed by atoms with van der Waals surface area (Å²) >= 11 is 0. The van der Waals surface area contributed by atoms with Crippen LogP contribution in [-0.2, 0) is 0 Å². The molecule has 0 amide bonds. The van der Waals surface area contributed by atoms with Crippen LogP contribution in [0.5, 0.6) is 0 Å². The van der Waals surface area contributed by atoms with Crippen LogP contribution in [-0.4, -0.2) is 20.4 Å². The second-order valence-electron chi connectivity index (χ2n) is 4.11. The Morgan fingerprint density at radius 1 is 1.17 bits per heavy atom. The molecular formula is C14H11N3O. The molecule has 0 saturated heterocycles. The van der Waals surface area contributed by atoms with Gasteiger partial charge >= 0.3 is 0 Å². The molecule has 0 atom stereocenters. The average molecular weight is 237 g/mol. The Kier molecular flexibility index (Phi) is 2.41. The van der Waals surface area contributed by atoms with Gasteiger partial charge in [0.15, 0.2) is 5.78 Å². The molecule has 0 aliphatic heterocycles. The van der Waals surface area contributed by atoms with Gasteiger partial charge in [-0.1, -0.05) is 6.07 Å². The Morgan fingerprint density at radius 2 is 2.06 bits per heavy atom. The van der Waals surface area contributed by atoms with Gasteiger partial charge in [-0.15, -0.1) is 0 Å². The summed E-state index contributed by atoms with van der Waals surface area (Å²) < 4.78 is 1.69. The maximum atomic E-state index is 12.3. The Balaban J connectivity index is 2.09. The highest BCUT2D eigenvalue weighted by atomic mass is 16.1. The van der Waals surface area contributed by atoms with Crippen LogP contribution < -0.4 is 0 Å². The average Bonchev–Trinajstić information content (AvgIpc) is 2.82. The number of carbonyl (C=O) groups excluding carboxylic acids is 1. The van der Waals surface area contributed by atoms with E-state index in [1.165, 1.54) is 0 Å². The number of hydrogen-bond donors (Lipinski definition) is 0. The lowest BCUT2D eigenvalue weighted by Gasteiger charge is -1.99. The zero-order valence-electron chi connectivity index (χ0n) is 9.87. The molecule has 3 heterocycles. The van der Waals surface area contributed by atoms with E-state index in [1.807, 2.05) is 37.4 Å². The first-order valence-electron chi connectivity index (χ1n) is 5.65. The lowest BCUT2D eigenvalue weighted by atomic mass is 10.1. The minimum absolute atomic E-state index is 0.0521. The summed E-state index contributed by atoms with van der Waals surface area (Å²) in [6.07, 6.45) is 5.02. The van der Waals surface area contributed by atoms with Crippen molar-refractivity contribution in [3.05, 3.63) is 65.7 Å². The van der Waals surface area contributed by atoms with Gasteiger partial charge in [-0.05, 0) is 31.2 Å². The van der Waals surface area contributed by atoms with E-state index in [2.05, 4.69) is 10.1 Å². The van der Waals surface area contributed by atoms with Gasteiger partial charge in [-0.3, -0.25) is 9.78 Å². The van der Waals surface area contributed by atoms with E-state index in [0.717, 1.165) is 11.2 Å². The first-order valence-corrected chi connectivity index (χ1v) is 5.65. The molecule has 4 nitrogen and oxygen atoms in total. The van der Waals surface area contributed by atoms with E-state index in [-0.39, 0.29) is 5.78 Å². The summed E-state index contributed by atoms with van der Waals surface area (Å²) in [4.78, 5) is 16.5. The summed E-state index contributed by atoms with van der Waals surface area (Å²) in [7, 11) is 0. The molecular weight excluding hydrogens is 226 g/mol. The van der Waals surface area contributed by atoms with Gasteiger partial charge in [0.05, 0.1) is 17.3 Å². The molecule has 3 rings (SSSR count). The number of fused-ring (bicyclic) bond motifs is 1. The highest BCUT2D eigenvalue weighted by Gasteiger charge is 2.14. The van der Waals surface area contributed by atoms with Crippen LogP contribution in [0.1, 0.15) is 21.6 Å². The SMILES string of the molecule is Cc1ccc(C(=O)c2cnn3ccccc23)cn1.